The summed E-state index contributed by atoms with van der Waals surface area (Å²) < 4.78 is 6.30. The van der Waals surface area contributed by atoms with Crippen molar-refractivity contribution in [3.8, 4) is 0 Å². The first-order valence-corrected chi connectivity index (χ1v) is 8.51. The normalized spacial score (nSPS) is 24.0. The molecular formula is C19H31NO. The summed E-state index contributed by atoms with van der Waals surface area (Å²) in [5.41, 5.74) is 4.05. The fourth-order valence-corrected chi connectivity index (χ4v) is 3.41. The molecule has 3 atom stereocenters. The highest BCUT2D eigenvalue weighted by Gasteiger charge is 2.25. The first-order valence-electron chi connectivity index (χ1n) is 8.51. The maximum absolute atomic E-state index is 6.30. The van der Waals surface area contributed by atoms with E-state index in [9.17, 15) is 0 Å². The molecule has 21 heavy (non-hydrogen) atoms. The molecule has 1 fully saturated rings. The maximum atomic E-state index is 6.30. The van der Waals surface area contributed by atoms with Crippen molar-refractivity contribution < 1.29 is 4.74 Å². The van der Waals surface area contributed by atoms with Crippen LogP contribution in [0.4, 0.5) is 0 Å². The first-order chi connectivity index (χ1) is 10.2. The van der Waals surface area contributed by atoms with Crippen molar-refractivity contribution in [1.29, 1.82) is 0 Å². The Balaban J connectivity index is 1.96. The second-order valence-corrected chi connectivity index (χ2v) is 6.51. The summed E-state index contributed by atoms with van der Waals surface area (Å²) in [6, 6.07) is 7.02. The van der Waals surface area contributed by atoms with Crippen LogP contribution in [0.5, 0.6) is 0 Å². The van der Waals surface area contributed by atoms with E-state index in [-0.39, 0.29) is 0 Å². The lowest BCUT2D eigenvalue weighted by Gasteiger charge is -2.32. The lowest BCUT2D eigenvalue weighted by atomic mass is 9.85. The van der Waals surface area contributed by atoms with Gasteiger partial charge in [0.25, 0.3) is 0 Å². The minimum absolute atomic E-state index is 0.295. The Labute approximate surface area is 130 Å². The lowest BCUT2D eigenvalue weighted by Crippen LogP contribution is -2.31. The third-order valence-electron chi connectivity index (χ3n) is 5.12. The van der Waals surface area contributed by atoms with Gasteiger partial charge in [0.05, 0.1) is 18.8 Å². The largest absolute Gasteiger partial charge is 0.376 e. The molecule has 1 aromatic carbocycles. The molecule has 1 N–H and O–H groups in total. The van der Waals surface area contributed by atoms with Crippen LogP contribution >= 0.6 is 0 Å². The highest BCUT2D eigenvalue weighted by atomic mass is 16.5. The lowest BCUT2D eigenvalue weighted by molar-refractivity contribution is -0.0210. The maximum Gasteiger partial charge on any atom is 0.0665 e. The van der Waals surface area contributed by atoms with Gasteiger partial charge < -0.3 is 10.1 Å². The zero-order valence-corrected chi connectivity index (χ0v) is 14.1. The summed E-state index contributed by atoms with van der Waals surface area (Å²) >= 11 is 0. The van der Waals surface area contributed by atoms with Crippen molar-refractivity contribution in [3.05, 3.63) is 34.9 Å². The molecular weight excluding hydrogens is 258 g/mol. The molecule has 3 unspecified atom stereocenters. The van der Waals surface area contributed by atoms with E-state index < -0.39 is 0 Å². The van der Waals surface area contributed by atoms with Crippen molar-refractivity contribution in [1.82, 2.24) is 5.32 Å². The van der Waals surface area contributed by atoms with E-state index >= 15 is 0 Å². The van der Waals surface area contributed by atoms with Gasteiger partial charge in [0.1, 0.15) is 0 Å². The zero-order valence-electron chi connectivity index (χ0n) is 14.1. The molecule has 1 saturated carbocycles. The Morgan fingerprint density at radius 3 is 2.62 bits per heavy atom. The van der Waals surface area contributed by atoms with Crippen LogP contribution < -0.4 is 5.32 Å². The number of aryl methyl sites for hydroxylation is 2. The Morgan fingerprint density at radius 2 is 1.95 bits per heavy atom. The molecule has 1 aliphatic carbocycles. The molecule has 1 aliphatic rings. The molecule has 0 saturated heterocycles. The van der Waals surface area contributed by atoms with E-state index in [0.717, 1.165) is 12.5 Å². The van der Waals surface area contributed by atoms with Gasteiger partial charge in [-0.3, -0.25) is 0 Å². The summed E-state index contributed by atoms with van der Waals surface area (Å²) in [4.78, 5) is 0. The number of rotatable bonds is 6. The number of hydrogen-bond acceptors (Lipinski definition) is 2. The van der Waals surface area contributed by atoms with Crippen LogP contribution in [-0.2, 0) is 4.74 Å². The molecule has 2 heteroatoms. The molecule has 0 spiro atoms. The Hall–Kier alpha value is -0.860. The van der Waals surface area contributed by atoms with E-state index in [4.69, 9.17) is 4.74 Å². The molecule has 2 nitrogen and oxygen atoms in total. The van der Waals surface area contributed by atoms with E-state index in [1.807, 2.05) is 7.05 Å². The van der Waals surface area contributed by atoms with Gasteiger partial charge in [-0.2, -0.15) is 0 Å². The Kier molecular flexibility index (Phi) is 6.25. The predicted octanol–water partition coefficient (Wildman–Crippen LogP) is 4.55. The number of benzene rings is 1. The predicted molar refractivity (Wildman–Crippen MR) is 89.7 cm³/mol. The summed E-state index contributed by atoms with van der Waals surface area (Å²) in [5.74, 6) is 0.760. The van der Waals surface area contributed by atoms with E-state index in [1.54, 1.807) is 0 Å². The van der Waals surface area contributed by atoms with Gasteiger partial charge in [0.2, 0.25) is 0 Å². The monoisotopic (exact) mass is 289 g/mol. The second kappa shape index (κ2) is 7.95. The van der Waals surface area contributed by atoms with Gasteiger partial charge in [0.15, 0.2) is 0 Å². The molecule has 0 bridgehead atoms. The molecule has 0 radical (unpaired) electrons. The van der Waals surface area contributed by atoms with E-state index in [0.29, 0.717) is 12.1 Å². The van der Waals surface area contributed by atoms with Gasteiger partial charge in [-0.1, -0.05) is 44.4 Å². The minimum Gasteiger partial charge on any atom is -0.376 e. The summed E-state index contributed by atoms with van der Waals surface area (Å²) in [6.45, 7) is 7.42. The smallest absolute Gasteiger partial charge is 0.0665 e. The van der Waals surface area contributed by atoms with Crippen molar-refractivity contribution in [2.45, 2.75) is 65.0 Å². The van der Waals surface area contributed by atoms with Crippen LogP contribution in [0.2, 0.25) is 0 Å². The van der Waals surface area contributed by atoms with Gasteiger partial charge in [-0.15, -0.1) is 0 Å². The molecule has 118 valence electrons. The molecule has 0 heterocycles. The van der Waals surface area contributed by atoms with Crippen LogP contribution in [0, 0.1) is 19.8 Å². The van der Waals surface area contributed by atoms with E-state index in [1.165, 1.54) is 48.8 Å². The van der Waals surface area contributed by atoms with Crippen molar-refractivity contribution in [2.75, 3.05) is 13.7 Å². The number of nitrogens with one attached hydrogen (secondary N) is 1. The van der Waals surface area contributed by atoms with Crippen LogP contribution in [-0.4, -0.2) is 19.8 Å². The fraction of sp³-hybridized carbons (Fsp3) is 0.684. The SMILES string of the molecule is CCC1CCCCC1OCC(NC)c1ccc(C)c(C)c1. The Bertz CT molecular complexity index is 443. The topological polar surface area (TPSA) is 21.3 Å². The van der Waals surface area contributed by atoms with Gasteiger partial charge >= 0.3 is 0 Å². The van der Waals surface area contributed by atoms with Crippen molar-refractivity contribution in [2.24, 2.45) is 5.92 Å². The third kappa shape index (κ3) is 4.31. The summed E-state index contributed by atoms with van der Waals surface area (Å²) in [5, 5.41) is 3.41. The van der Waals surface area contributed by atoms with Gasteiger partial charge in [0, 0.05) is 0 Å². The number of likely N-dealkylation sites (N-methyl/N-ethyl adjacent to an activating group) is 1. The average Bonchev–Trinajstić information content (AvgIpc) is 2.51. The van der Waals surface area contributed by atoms with Crippen molar-refractivity contribution in [3.63, 3.8) is 0 Å². The average molecular weight is 289 g/mol. The van der Waals surface area contributed by atoms with Gasteiger partial charge in [-0.05, 0) is 56.3 Å². The van der Waals surface area contributed by atoms with Crippen LogP contribution in [0.3, 0.4) is 0 Å². The zero-order chi connectivity index (χ0) is 15.2. The standard InChI is InChI=1S/C19H31NO/c1-5-16-8-6-7-9-19(16)21-13-18(20-4)17-11-10-14(2)15(3)12-17/h10-12,16,18-20H,5-9,13H2,1-4H3. The number of ether oxygens (including phenoxy) is 1. The summed E-state index contributed by atoms with van der Waals surface area (Å²) in [7, 11) is 2.03. The first kappa shape index (κ1) is 16.5. The highest BCUT2D eigenvalue weighted by molar-refractivity contribution is 5.31. The van der Waals surface area contributed by atoms with Crippen LogP contribution in [0.1, 0.15) is 61.8 Å². The van der Waals surface area contributed by atoms with Crippen molar-refractivity contribution >= 4 is 0 Å². The minimum atomic E-state index is 0.295. The van der Waals surface area contributed by atoms with Crippen LogP contribution in [0.15, 0.2) is 18.2 Å². The van der Waals surface area contributed by atoms with E-state index in [2.05, 4.69) is 44.3 Å². The molecule has 0 aliphatic heterocycles. The Morgan fingerprint density at radius 1 is 1.19 bits per heavy atom. The fourth-order valence-electron chi connectivity index (χ4n) is 3.41. The quantitative estimate of drug-likeness (QED) is 0.829. The molecule has 0 amide bonds. The third-order valence-corrected chi connectivity index (χ3v) is 5.12. The summed E-state index contributed by atoms with van der Waals surface area (Å²) in [6.07, 6.45) is 7.00. The van der Waals surface area contributed by atoms with Gasteiger partial charge in [-0.25, -0.2) is 0 Å². The molecule has 2 rings (SSSR count). The highest BCUT2D eigenvalue weighted by Crippen LogP contribution is 2.30. The second-order valence-electron chi connectivity index (χ2n) is 6.51. The van der Waals surface area contributed by atoms with Crippen LogP contribution in [0.25, 0.3) is 0 Å². The molecule has 1 aromatic rings. The molecule has 0 aromatic heterocycles. The number of hydrogen-bond donors (Lipinski definition) is 1.